The summed E-state index contributed by atoms with van der Waals surface area (Å²) >= 11 is 0. The monoisotopic (exact) mass is 395 g/mol. The minimum absolute atomic E-state index is 0.0424. The maximum Gasteiger partial charge on any atom is 0.251 e. The summed E-state index contributed by atoms with van der Waals surface area (Å²) < 4.78 is 5.39. The number of benzene rings is 2. The Morgan fingerprint density at radius 2 is 1.66 bits per heavy atom. The average Bonchev–Trinajstić information content (AvgIpc) is 2.71. The topological polar surface area (TPSA) is 70.7 Å². The molecule has 1 aliphatic heterocycles. The van der Waals surface area contributed by atoms with E-state index >= 15 is 0 Å². The van der Waals surface area contributed by atoms with Crippen LogP contribution >= 0.6 is 0 Å². The summed E-state index contributed by atoms with van der Waals surface area (Å²) in [5.41, 5.74) is 4.89. The lowest BCUT2D eigenvalue weighted by Gasteiger charge is -2.26. The van der Waals surface area contributed by atoms with Gasteiger partial charge in [-0.05, 0) is 37.1 Å². The zero-order valence-corrected chi connectivity index (χ0v) is 17.2. The summed E-state index contributed by atoms with van der Waals surface area (Å²) in [5.74, 6) is -0.444. The first kappa shape index (κ1) is 21.0. The van der Waals surface area contributed by atoms with Gasteiger partial charge in [-0.3, -0.25) is 14.5 Å². The van der Waals surface area contributed by atoms with E-state index in [9.17, 15) is 9.59 Å². The molecule has 0 unspecified atom stereocenters. The van der Waals surface area contributed by atoms with E-state index in [0.717, 1.165) is 49.5 Å². The highest BCUT2D eigenvalue weighted by atomic mass is 16.5. The lowest BCUT2D eigenvalue weighted by atomic mass is 10.1. The third kappa shape index (κ3) is 6.69. The molecule has 0 saturated carbocycles. The van der Waals surface area contributed by atoms with Crippen LogP contribution in [0.25, 0.3) is 0 Å². The highest BCUT2D eigenvalue weighted by Gasteiger charge is 2.11. The first-order chi connectivity index (χ1) is 14.0. The number of ether oxygens (including phenoxy) is 1. The van der Waals surface area contributed by atoms with Gasteiger partial charge in [0.1, 0.15) is 0 Å². The van der Waals surface area contributed by atoms with E-state index in [1.165, 1.54) is 5.56 Å². The Bertz CT molecular complexity index is 840. The first-order valence-electron chi connectivity index (χ1n) is 10.0. The van der Waals surface area contributed by atoms with Crippen LogP contribution in [0, 0.1) is 13.8 Å². The smallest absolute Gasteiger partial charge is 0.251 e. The molecule has 2 aromatic carbocycles. The molecule has 154 valence electrons. The van der Waals surface area contributed by atoms with Crippen molar-refractivity contribution in [1.82, 2.24) is 15.5 Å². The molecule has 2 aromatic rings. The lowest BCUT2D eigenvalue weighted by molar-refractivity contribution is -0.120. The molecule has 3 rings (SSSR count). The molecule has 0 aliphatic carbocycles. The van der Waals surface area contributed by atoms with Gasteiger partial charge >= 0.3 is 0 Å². The Balaban J connectivity index is 1.45. The molecule has 6 heteroatoms. The molecule has 0 bridgehead atoms. The van der Waals surface area contributed by atoms with Gasteiger partial charge in [0.05, 0.1) is 19.8 Å². The van der Waals surface area contributed by atoms with Crippen LogP contribution in [0.15, 0.2) is 42.5 Å². The highest BCUT2D eigenvalue weighted by molar-refractivity contribution is 5.96. The normalized spacial score (nSPS) is 14.4. The Kier molecular flexibility index (Phi) is 7.38. The van der Waals surface area contributed by atoms with Crippen molar-refractivity contribution >= 4 is 11.8 Å². The molecule has 6 nitrogen and oxygen atoms in total. The molecule has 1 saturated heterocycles. The van der Waals surface area contributed by atoms with E-state index in [0.29, 0.717) is 12.1 Å². The van der Waals surface area contributed by atoms with Crippen molar-refractivity contribution < 1.29 is 14.3 Å². The fourth-order valence-corrected chi connectivity index (χ4v) is 3.49. The fraction of sp³-hybridized carbons (Fsp3) is 0.391. The van der Waals surface area contributed by atoms with E-state index in [-0.39, 0.29) is 18.4 Å². The molecule has 2 amide bonds. The molecule has 0 aromatic heterocycles. The van der Waals surface area contributed by atoms with Gasteiger partial charge < -0.3 is 15.4 Å². The number of nitrogens with zero attached hydrogens (tertiary/aromatic N) is 1. The van der Waals surface area contributed by atoms with Crippen LogP contribution in [-0.4, -0.2) is 49.6 Å². The number of carbonyl (C=O) groups excluding carboxylic acids is 2. The summed E-state index contributed by atoms with van der Waals surface area (Å²) in [6, 6.07) is 13.9. The molecular weight excluding hydrogens is 366 g/mol. The minimum atomic E-state index is -0.237. The predicted octanol–water partition coefficient (Wildman–Crippen LogP) is 2.18. The molecule has 0 atom stereocenters. The quantitative estimate of drug-likeness (QED) is 0.754. The van der Waals surface area contributed by atoms with E-state index in [4.69, 9.17) is 4.74 Å². The Morgan fingerprint density at radius 1 is 0.966 bits per heavy atom. The third-order valence-electron chi connectivity index (χ3n) is 4.88. The van der Waals surface area contributed by atoms with Crippen molar-refractivity contribution in [2.24, 2.45) is 0 Å². The number of carbonyl (C=O) groups is 2. The van der Waals surface area contributed by atoms with Crippen LogP contribution in [-0.2, 0) is 22.6 Å². The molecule has 1 fully saturated rings. The second-order valence-electron chi connectivity index (χ2n) is 7.54. The van der Waals surface area contributed by atoms with Crippen LogP contribution in [0.2, 0.25) is 0 Å². The van der Waals surface area contributed by atoms with Crippen molar-refractivity contribution in [2.45, 2.75) is 26.9 Å². The van der Waals surface area contributed by atoms with Crippen LogP contribution in [0.1, 0.15) is 32.6 Å². The summed E-state index contributed by atoms with van der Waals surface area (Å²) in [6.07, 6.45) is 0. The standard InChI is InChI=1S/C23H29N3O3/c1-17-10-18(2)12-21(11-17)23(28)25-15-22(27)24-14-19-4-3-5-20(13-19)16-26-6-8-29-9-7-26/h3-5,10-13H,6-9,14-16H2,1-2H3,(H,24,27)(H,25,28). The molecule has 2 N–H and O–H groups in total. The lowest BCUT2D eigenvalue weighted by Crippen LogP contribution is -2.36. The van der Waals surface area contributed by atoms with Crippen LogP contribution in [0.3, 0.4) is 0 Å². The molecule has 29 heavy (non-hydrogen) atoms. The highest BCUT2D eigenvalue weighted by Crippen LogP contribution is 2.10. The van der Waals surface area contributed by atoms with Crippen molar-refractivity contribution in [3.8, 4) is 0 Å². The molecule has 0 radical (unpaired) electrons. The second kappa shape index (κ2) is 10.2. The van der Waals surface area contributed by atoms with Gasteiger partial charge in [0.2, 0.25) is 5.91 Å². The third-order valence-corrected chi connectivity index (χ3v) is 4.88. The van der Waals surface area contributed by atoms with Crippen molar-refractivity contribution in [3.05, 3.63) is 70.3 Å². The van der Waals surface area contributed by atoms with Gasteiger partial charge in [-0.1, -0.05) is 41.5 Å². The van der Waals surface area contributed by atoms with E-state index in [2.05, 4.69) is 27.7 Å². The van der Waals surface area contributed by atoms with Gasteiger partial charge in [-0.15, -0.1) is 0 Å². The van der Waals surface area contributed by atoms with Crippen LogP contribution < -0.4 is 10.6 Å². The molecule has 1 heterocycles. The Labute approximate surface area is 172 Å². The molecule has 0 spiro atoms. The fourth-order valence-electron chi connectivity index (χ4n) is 3.49. The minimum Gasteiger partial charge on any atom is -0.379 e. The summed E-state index contributed by atoms with van der Waals surface area (Å²) in [4.78, 5) is 26.8. The number of nitrogens with one attached hydrogen (secondary N) is 2. The van der Waals surface area contributed by atoms with E-state index in [1.807, 2.05) is 44.2 Å². The van der Waals surface area contributed by atoms with Gasteiger partial charge in [-0.2, -0.15) is 0 Å². The number of morpholine rings is 1. The van der Waals surface area contributed by atoms with Gasteiger partial charge in [0.15, 0.2) is 0 Å². The van der Waals surface area contributed by atoms with Crippen LogP contribution in [0.4, 0.5) is 0 Å². The van der Waals surface area contributed by atoms with Gasteiger partial charge in [-0.25, -0.2) is 0 Å². The predicted molar refractivity (Wildman–Crippen MR) is 113 cm³/mol. The number of rotatable bonds is 7. The largest absolute Gasteiger partial charge is 0.379 e. The molecule has 1 aliphatic rings. The number of hydrogen-bond donors (Lipinski definition) is 2. The van der Waals surface area contributed by atoms with Gasteiger partial charge in [0.25, 0.3) is 5.91 Å². The summed E-state index contributed by atoms with van der Waals surface area (Å²) in [7, 11) is 0. The Hall–Kier alpha value is -2.70. The number of aryl methyl sites for hydroxylation is 2. The number of amides is 2. The average molecular weight is 396 g/mol. The molecular formula is C23H29N3O3. The summed E-state index contributed by atoms with van der Waals surface area (Å²) in [5, 5.41) is 5.56. The van der Waals surface area contributed by atoms with Crippen molar-refractivity contribution in [3.63, 3.8) is 0 Å². The maximum atomic E-state index is 12.3. The van der Waals surface area contributed by atoms with Gasteiger partial charge in [0, 0.05) is 31.7 Å². The van der Waals surface area contributed by atoms with E-state index in [1.54, 1.807) is 0 Å². The SMILES string of the molecule is Cc1cc(C)cc(C(=O)NCC(=O)NCc2cccc(CN3CCOCC3)c2)c1. The van der Waals surface area contributed by atoms with E-state index < -0.39 is 0 Å². The van der Waals surface area contributed by atoms with Crippen molar-refractivity contribution in [1.29, 1.82) is 0 Å². The van der Waals surface area contributed by atoms with Crippen molar-refractivity contribution in [2.75, 3.05) is 32.8 Å². The second-order valence-corrected chi connectivity index (χ2v) is 7.54. The van der Waals surface area contributed by atoms with Crippen LogP contribution in [0.5, 0.6) is 0 Å². The number of hydrogen-bond acceptors (Lipinski definition) is 4. The zero-order valence-electron chi connectivity index (χ0n) is 17.2. The summed E-state index contributed by atoms with van der Waals surface area (Å²) in [6.45, 7) is 8.63. The first-order valence-corrected chi connectivity index (χ1v) is 10.0. The maximum absolute atomic E-state index is 12.3. The zero-order chi connectivity index (χ0) is 20.6. The Morgan fingerprint density at radius 3 is 2.38 bits per heavy atom.